The van der Waals surface area contributed by atoms with Crippen LogP contribution in [0.4, 0.5) is 11.4 Å². The van der Waals surface area contributed by atoms with E-state index in [1.54, 1.807) is 0 Å². The second-order valence-electron chi connectivity index (χ2n) is 7.57. The van der Waals surface area contributed by atoms with E-state index in [0.717, 1.165) is 50.5 Å². The fourth-order valence-electron chi connectivity index (χ4n) is 3.81. The van der Waals surface area contributed by atoms with Crippen LogP contribution >= 0.6 is 0 Å². The molecule has 2 aliphatic rings. The molecule has 0 radical (unpaired) electrons. The fraction of sp³-hybridized carbons (Fsp3) is 0.409. The first-order valence-electron chi connectivity index (χ1n) is 9.72. The second kappa shape index (κ2) is 7.33. The number of hydrogen-bond donors (Lipinski definition) is 2. The van der Waals surface area contributed by atoms with E-state index in [-0.39, 0.29) is 11.4 Å². The van der Waals surface area contributed by atoms with Crippen molar-refractivity contribution in [3.05, 3.63) is 59.7 Å². The van der Waals surface area contributed by atoms with Gasteiger partial charge in [-0.1, -0.05) is 19.1 Å². The summed E-state index contributed by atoms with van der Waals surface area (Å²) in [6.45, 7) is 5.42. The minimum absolute atomic E-state index is 0.0347. The molecular weight excluding hydrogens is 338 g/mol. The summed E-state index contributed by atoms with van der Waals surface area (Å²) in [6.07, 6.45) is 2.04. The smallest absolute Gasteiger partial charge is 0.255 e. The predicted molar refractivity (Wildman–Crippen MR) is 108 cm³/mol. The minimum Gasteiger partial charge on any atom is -0.378 e. The number of benzene rings is 2. The van der Waals surface area contributed by atoms with Gasteiger partial charge in [0.2, 0.25) is 0 Å². The number of nitrogens with zero attached hydrogens (tertiary/aromatic N) is 1. The lowest BCUT2D eigenvalue weighted by atomic mass is 10.0. The molecule has 2 aromatic rings. The number of rotatable bonds is 5. The summed E-state index contributed by atoms with van der Waals surface area (Å²) in [5.41, 5.74) is 10.1. The van der Waals surface area contributed by atoms with Crippen LogP contribution in [0.5, 0.6) is 0 Å². The summed E-state index contributed by atoms with van der Waals surface area (Å²) in [6, 6.07) is 15.8. The van der Waals surface area contributed by atoms with Gasteiger partial charge >= 0.3 is 0 Å². The molecule has 5 nitrogen and oxygen atoms in total. The van der Waals surface area contributed by atoms with Crippen molar-refractivity contribution in [3.8, 4) is 0 Å². The molecule has 5 heteroatoms. The highest BCUT2D eigenvalue weighted by Crippen LogP contribution is 2.51. The predicted octanol–water partition coefficient (Wildman–Crippen LogP) is 3.37. The lowest BCUT2D eigenvalue weighted by Crippen LogP contribution is -2.36. The first-order valence-corrected chi connectivity index (χ1v) is 9.72. The molecule has 0 spiro atoms. The maximum atomic E-state index is 12.5. The van der Waals surface area contributed by atoms with E-state index in [9.17, 15) is 4.79 Å². The molecule has 1 amide bonds. The molecule has 27 heavy (non-hydrogen) atoms. The van der Waals surface area contributed by atoms with Crippen LogP contribution < -0.4 is 16.0 Å². The van der Waals surface area contributed by atoms with Crippen molar-refractivity contribution >= 4 is 17.3 Å². The molecule has 0 aromatic heterocycles. The van der Waals surface area contributed by atoms with Crippen molar-refractivity contribution in [2.45, 2.75) is 31.2 Å². The Kier molecular flexibility index (Phi) is 4.89. The van der Waals surface area contributed by atoms with Gasteiger partial charge in [0, 0.05) is 41.5 Å². The molecule has 1 heterocycles. The first kappa shape index (κ1) is 18.0. The van der Waals surface area contributed by atoms with Crippen LogP contribution in [0.2, 0.25) is 0 Å². The van der Waals surface area contributed by atoms with Crippen molar-refractivity contribution in [2.75, 3.05) is 36.5 Å². The zero-order valence-corrected chi connectivity index (χ0v) is 15.8. The van der Waals surface area contributed by atoms with Crippen LogP contribution in [0.1, 0.15) is 41.6 Å². The monoisotopic (exact) mass is 365 g/mol. The van der Waals surface area contributed by atoms with E-state index in [4.69, 9.17) is 10.5 Å². The summed E-state index contributed by atoms with van der Waals surface area (Å²) in [7, 11) is 0. The average Bonchev–Trinajstić information content (AvgIpc) is 3.41. The Morgan fingerprint density at radius 2 is 1.81 bits per heavy atom. The van der Waals surface area contributed by atoms with Crippen molar-refractivity contribution < 1.29 is 9.53 Å². The average molecular weight is 365 g/mol. The van der Waals surface area contributed by atoms with Gasteiger partial charge in [-0.3, -0.25) is 4.79 Å². The lowest BCUT2D eigenvalue weighted by molar-refractivity contribution is 0.102. The summed E-state index contributed by atoms with van der Waals surface area (Å²) in [4.78, 5) is 14.8. The summed E-state index contributed by atoms with van der Waals surface area (Å²) >= 11 is 0. The van der Waals surface area contributed by atoms with Gasteiger partial charge in [-0.2, -0.15) is 0 Å². The molecule has 2 atom stereocenters. The molecule has 2 aromatic carbocycles. The number of carbonyl (C=O) groups is 1. The molecule has 2 fully saturated rings. The summed E-state index contributed by atoms with van der Waals surface area (Å²) < 4.78 is 5.38. The quantitative estimate of drug-likeness (QED) is 0.852. The molecule has 0 unspecified atom stereocenters. The number of hydrogen-bond acceptors (Lipinski definition) is 4. The van der Waals surface area contributed by atoms with Crippen molar-refractivity contribution in [1.29, 1.82) is 0 Å². The van der Waals surface area contributed by atoms with Crippen LogP contribution in [0, 0.1) is 0 Å². The largest absolute Gasteiger partial charge is 0.378 e. The zero-order chi connectivity index (χ0) is 18.9. The van der Waals surface area contributed by atoms with Gasteiger partial charge in [-0.15, -0.1) is 0 Å². The SMILES string of the molecule is CC[C@]1(N)C[C@H]1c1ccc(NC(=O)c2ccc(N3CCOCC3)cc2)cc1. The van der Waals surface area contributed by atoms with Gasteiger partial charge in [-0.05, 0) is 54.8 Å². The molecular formula is C22H27N3O2. The van der Waals surface area contributed by atoms with Gasteiger partial charge in [0.05, 0.1) is 13.2 Å². The number of anilines is 2. The Morgan fingerprint density at radius 3 is 2.41 bits per heavy atom. The number of morpholine rings is 1. The van der Waals surface area contributed by atoms with Crippen molar-refractivity contribution in [1.82, 2.24) is 0 Å². The highest BCUT2D eigenvalue weighted by atomic mass is 16.5. The van der Waals surface area contributed by atoms with Gasteiger partial charge in [0.15, 0.2) is 0 Å². The van der Waals surface area contributed by atoms with E-state index >= 15 is 0 Å². The first-order chi connectivity index (χ1) is 13.1. The van der Waals surface area contributed by atoms with Gasteiger partial charge < -0.3 is 20.7 Å². The van der Waals surface area contributed by atoms with Gasteiger partial charge in [-0.25, -0.2) is 0 Å². The third-order valence-electron chi connectivity index (χ3n) is 5.85. The third kappa shape index (κ3) is 3.84. The zero-order valence-electron chi connectivity index (χ0n) is 15.8. The van der Waals surface area contributed by atoms with E-state index < -0.39 is 0 Å². The number of carbonyl (C=O) groups excluding carboxylic acids is 1. The highest BCUT2D eigenvalue weighted by Gasteiger charge is 2.49. The van der Waals surface area contributed by atoms with Gasteiger partial charge in [0.1, 0.15) is 0 Å². The normalized spacial score (nSPS) is 24.5. The maximum absolute atomic E-state index is 12.5. The molecule has 142 valence electrons. The highest BCUT2D eigenvalue weighted by molar-refractivity contribution is 6.04. The van der Waals surface area contributed by atoms with E-state index in [0.29, 0.717) is 11.5 Å². The standard InChI is InChI=1S/C22H27N3O2/c1-2-22(23)15-20(22)16-3-7-18(8-4-16)24-21(26)17-5-9-19(10-6-17)25-11-13-27-14-12-25/h3-10,20H,2,11-15,23H2,1H3,(H,24,26)/t20-,22-/m0/s1. The molecule has 1 saturated carbocycles. The van der Waals surface area contributed by atoms with E-state index in [1.165, 1.54) is 5.56 Å². The van der Waals surface area contributed by atoms with Crippen LogP contribution in [0.15, 0.2) is 48.5 Å². The maximum Gasteiger partial charge on any atom is 0.255 e. The number of ether oxygens (including phenoxy) is 1. The van der Waals surface area contributed by atoms with Crippen LogP contribution in [0.25, 0.3) is 0 Å². The van der Waals surface area contributed by atoms with E-state index in [1.807, 2.05) is 36.4 Å². The Hall–Kier alpha value is -2.37. The Labute approximate surface area is 160 Å². The number of nitrogens with two attached hydrogens (primary N) is 1. The molecule has 1 saturated heterocycles. The Morgan fingerprint density at radius 1 is 1.15 bits per heavy atom. The second-order valence-corrected chi connectivity index (χ2v) is 7.57. The molecule has 1 aliphatic carbocycles. The molecule has 1 aliphatic heterocycles. The molecule has 4 rings (SSSR count). The van der Waals surface area contributed by atoms with Crippen molar-refractivity contribution in [3.63, 3.8) is 0 Å². The number of nitrogens with one attached hydrogen (secondary N) is 1. The van der Waals surface area contributed by atoms with Crippen molar-refractivity contribution in [2.24, 2.45) is 5.73 Å². The van der Waals surface area contributed by atoms with Crippen LogP contribution in [0.3, 0.4) is 0 Å². The van der Waals surface area contributed by atoms with E-state index in [2.05, 4.69) is 29.3 Å². The number of amides is 1. The Bertz CT molecular complexity index is 797. The lowest BCUT2D eigenvalue weighted by Gasteiger charge is -2.28. The molecule has 0 bridgehead atoms. The topological polar surface area (TPSA) is 67.6 Å². The van der Waals surface area contributed by atoms with Gasteiger partial charge in [0.25, 0.3) is 5.91 Å². The van der Waals surface area contributed by atoms with Crippen LogP contribution in [-0.2, 0) is 4.74 Å². The summed E-state index contributed by atoms with van der Waals surface area (Å²) in [5, 5.41) is 2.97. The van der Waals surface area contributed by atoms with Crippen LogP contribution in [-0.4, -0.2) is 37.7 Å². The molecule has 3 N–H and O–H groups in total. The third-order valence-corrected chi connectivity index (χ3v) is 5.85. The fourth-order valence-corrected chi connectivity index (χ4v) is 3.81. The summed E-state index contributed by atoms with van der Waals surface area (Å²) in [5.74, 6) is 0.351. The Balaban J connectivity index is 1.37. The minimum atomic E-state index is -0.0931.